The van der Waals surface area contributed by atoms with Crippen LogP contribution in [0, 0.1) is 11.3 Å². The van der Waals surface area contributed by atoms with Gasteiger partial charge >= 0.3 is 0 Å². The Balaban J connectivity index is 1.69. The molecule has 0 amide bonds. The number of aryl methyl sites for hydroxylation is 1. The van der Waals surface area contributed by atoms with Gasteiger partial charge in [-0.2, -0.15) is 5.26 Å². The zero-order chi connectivity index (χ0) is 17.5. The zero-order valence-electron chi connectivity index (χ0n) is 14.3. The van der Waals surface area contributed by atoms with Gasteiger partial charge in [0.05, 0.1) is 24.6 Å². The van der Waals surface area contributed by atoms with Gasteiger partial charge in [-0.1, -0.05) is 31.2 Å². The van der Waals surface area contributed by atoms with Crippen LogP contribution in [0.4, 0.5) is 0 Å². The number of aromatic nitrogens is 1. The van der Waals surface area contributed by atoms with Gasteiger partial charge in [-0.3, -0.25) is 4.90 Å². The normalized spacial score (nSPS) is 10.9. The molecular formula is C20H21N3OS. The van der Waals surface area contributed by atoms with Gasteiger partial charge in [-0.05, 0) is 24.1 Å². The molecule has 3 rings (SSSR count). The Hall–Kier alpha value is -2.42. The van der Waals surface area contributed by atoms with E-state index in [1.54, 1.807) is 17.6 Å². The summed E-state index contributed by atoms with van der Waals surface area (Å²) in [6.45, 7) is 4.26. The van der Waals surface area contributed by atoms with Gasteiger partial charge in [0.25, 0.3) is 0 Å². The maximum atomic E-state index is 8.89. The molecule has 0 spiro atoms. The standard InChI is InChI=1S/C20H21N3OS/c1-2-16-6-8-17(9-7-16)20-22-18(15-25-20)13-23(11-4-10-21)14-19-5-3-12-24-19/h3,5-9,12,15H,2,4,11,13-14H2,1H3. The summed E-state index contributed by atoms with van der Waals surface area (Å²) in [5.74, 6) is 0.906. The lowest BCUT2D eigenvalue weighted by atomic mass is 10.1. The molecule has 1 aromatic carbocycles. The third-order valence-corrected chi connectivity index (χ3v) is 4.99. The monoisotopic (exact) mass is 351 g/mol. The van der Waals surface area contributed by atoms with Crippen LogP contribution in [0.25, 0.3) is 10.6 Å². The summed E-state index contributed by atoms with van der Waals surface area (Å²) < 4.78 is 5.44. The van der Waals surface area contributed by atoms with E-state index in [4.69, 9.17) is 14.7 Å². The SMILES string of the molecule is CCc1ccc(-c2nc(CN(CCC#N)Cc3ccco3)cs2)cc1. The van der Waals surface area contributed by atoms with Crippen LogP contribution in [0.3, 0.4) is 0 Å². The van der Waals surface area contributed by atoms with E-state index in [1.807, 2.05) is 12.1 Å². The molecule has 0 fully saturated rings. The van der Waals surface area contributed by atoms with Crippen molar-refractivity contribution in [3.63, 3.8) is 0 Å². The molecule has 0 atom stereocenters. The molecule has 0 aliphatic rings. The second kappa shape index (κ2) is 8.61. The minimum absolute atomic E-state index is 0.496. The zero-order valence-corrected chi connectivity index (χ0v) is 15.1. The fourth-order valence-corrected chi connectivity index (χ4v) is 3.49. The first-order valence-electron chi connectivity index (χ1n) is 8.44. The molecule has 128 valence electrons. The second-order valence-electron chi connectivity index (χ2n) is 5.89. The first-order valence-corrected chi connectivity index (χ1v) is 9.32. The average Bonchev–Trinajstić information content (AvgIpc) is 3.32. The molecule has 0 saturated heterocycles. The van der Waals surface area contributed by atoms with Crippen LogP contribution in [0.2, 0.25) is 0 Å². The average molecular weight is 351 g/mol. The fraction of sp³-hybridized carbons (Fsp3) is 0.300. The van der Waals surface area contributed by atoms with Crippen molar-refractivity contribution in [3.8, 4) is 16.6 Å². The molecule has 4 nitrogen and oxygen atoms in total. The van der Waals surface area contributed by atoms with Crippen molar-refractivity contribution in [1.29, 1.82) is 5.26 Å². The number of benzene rings is 1. The highest BCUT2D eigenvalue weighted by molar-refractivity contribution is 7.13. The van der Waals surface area contributed by atoms with Crippen molar-refractivity contribution in [1.82, 2.24) is 9.88 Å². The van der Waals surface area contributed by atoms with Gasteiger partial charge in [0.15, 0.2) is 0 Å². The minimum atomic E-state index is 0.496. The lowest BCUT2D eigenvalue weighted by molar-refractivity contribution is 0.238. The molecular weight excluding hydrogens is 330 g/mol. The molecule has 0 bridgehead atoms. The number of hydrogen-bond acceptors (Lipinski definition) is 5. The van der Waals surface area contributed by atoms with Crippen LogP contribution in [0.5, 0.6) is 0 Å². The van der Waals surface area contributed by atoms with Crippen LogP contribution in [0.1, 0.15) is 30.4 Å². The number of nitriles is 1. The molecule has 0 radical (unpaired) electrons. The molecule has 0 unspecified atom stereocenters. The number of rotatable bonds is 8. The van der Waals surface area contributed by atoms with Crippen molar-refractivity contribution in [2.45, 2.75) is 32.9 Å². The molecule has 0 saturated carbocycles. The van der Waals surface area contributed by atoms with Gasteiger partial charge in [-0.25, -0.2) is 4.98 Å². The van der Waals surface area contributed by atoms with Crippen molar-refractivity contribution in [2.75, 3.05) is 6.54 Å². The largest absolute Gasteiger partial charge is 0.468 e. The fourth-order valence-electron chi connectivity index (χ4n) is 2.67. The summed E-state index contributed by atoms with van der Waals surface area (Å²) >= 11 is 1.66. The van der Waals surface area contributed by atoms with E-state index in [1.165, 1.54) is 5.56 Å². The Bertz CT molecular complexity index is 816. The van der Waals surface area contributed by atoms with Crippen LogP contribution in [0.15, 0.2) is 52.5 Å². The maximum Gasteiger partial charge on any atom is 0.123 e. The highest BCUT2D eigenvalue weighted by Crippen LogP contribution is 2.25. The Morgan fingerprint density at radius 1 is 1.20 bits per heavy atom. The number of hydrogen-bond donors (Lipinski definition) is 0. The summed E-state index contributed by atoms with van der Waals surface area (Å²) in [4.78, 5) is 6.97. The predicted octanol–water partition coefficient (Wildman–Crippen LogP) is 4.88. The first kappa shape index (κ1) is 17.4. The highest BCUT2D eigenvalue weighted by atomic mass is 32.1. The highest BCUT2D eigenvalue weighted by Gasteiger charge is 2.12. The summed E-state index contributed by atoms with van der Waals surface area (Å²) in [6, 6.07) is 14.7. The Morgan fingerprint density at radius 3 is 2.72 bits per heavy atom. The van der Waals surface area contributed by atoms with E-state index < -0.39 is 0 Å². The molecule has 0 aliphatic carbocycles. The van der Waals surface area contributed by atoms with E-state index in [0.717, 1.165) is 28.4 Å². The molecule has 3 aromatic rings. The van der Waals surface area contributed by atoms with Gasteiger partial charge in [-0.15, -0.1) is 11.3 Å². The summed E-state index contributed by atoms with van der Waals surface area (Å²) in [7, 11) is 0. The van der Waals surface area contributed by atoms with Crippen LogP contribution in [-0.4, -0.2) is 16.4 Å². The van der Waals surface area contributed by atoms with Crippen molar-refractivity contribution in [3.05, 3.63) is 65.1 Å². The van der Waals surface area contributed by atoms with E-state index in [2.05, 4.69) is 47.5 Å². The summed E-state index contributed by atoms with van der Waals surface area (Å²) in [6.07, 6.45) is 3.22. The molecule has 0 aliphatic heterocycles. The molecule has 25 heavy (non-hydrogen) atoms. The molecule has 0 N–H and O–H groups in total. The second-order valence-corrected chi connectivity index (χ2v) is 6.75. The Kier molecular flexibility index (Phi) is 5.99. The number of furan rings is 1. The van der Waals surface area contributed by atoms with Crippen molar-refractivity contribution < 1.29 is 4.42 Å². The Labute approximate surface area is 152 Å². The number of nitrogens with zero attached hydrogens (tertiary/aromatic N) is 3. The van der Waals surface area contributed by atoms with Gasteiger partial charge in [0.1, 0.15) is 10.8 Å². The number of thiazole rings is 1. The van der Waals surface area contributed by atoms with E-state index in [-0.39, 0.29) is 0 Å². The topological polar surface area (TPSA) is 53.1 Å². The van der Waals surface area contributed by atoms with Crippen LogP contribution in [-0.2, 0) is 19.5 Å². The van der Waals surface area contributed by atoms with E-state index >= 15 is 0 Å². The summed E-state index contributed by atoms with van der Waals surface area (Å²) in [5.41, 5.74) is 3.52. The van der Waals surface area contributed by atoms with E-state index in [0.29, 0.717) is 26.1 Å². The molecule has 5 heteroatoms. The maximum absolute atomic E-state index is 8.89. The quantitative estimate of drug-likeness (QED) is 0.580. The third-order valence-electron chi connectivity index (χ3n) is 4.05. The van der Waals surface area contributed by atoms with E-state index in [9.17, 15) is 0 Å². The smallest absolute Gasteiger partial charge is 0.123 e. The van der Waals surface area contributed by atoms with Crippen LogP contribution < -0.4 is 0 Å². The lowest BCUT2D eigenvalue weighted by Crippen LogP contribution is -2.23. The minimum Gasteiger partial charge on any atom is -0.468 e. The van der Waals surface area contributed by atoms with Crippen molar-refractivity contribution in [2.24, 2.45) is 0 Å². The summed E-state index contributed by atoms with van der Waals surface area (Å²) in [5, 5.41) is 12.0. The molecule has 2 aromatic heterocycles. The van der Waals surface area contributed by atoms with Gasteiger partial charge in [0.2, 0.25) is 0 Å². The lowest BCUT2D eigenvalue weighted by Gasteiger charge is -2.18. The third kappa shape index (κ3) is 4.79. The van der Waals surface area contributed by atoms with Gasteiger partial charge in [0, 0.05) is 30.5 Å². The Morgan fingerprint density at radius 2 is 2.04 bits per heavy atom. The van der Waals surface area contributed by atoms with Crippen molar-refractivity contribution >= 4 is 11.3 Å². The van der Waals surface area contributed by atoms with Gasteiger partial charge < -0.3 is 4.42 Å². The van der Waals surface area contributed by atoms with Crippen LogP contribution >= 0.6 is 11.3 Å². The predicted molar refractivity (Wildman–Crippen MR) is 100.0 cm³/mol. The molecule has 2 heterocycles. The first-order chi connectivity index (χ1) is 12.3.